The lowest BCUT2D eigenvalue weighted by atomic mass is 10.1. The Hall–Kier alpha value is -2.24. The molecule has 0 radical (unpaired) electrons. The first-order valence-corrected chi connectivity index (χ1v) is 11.5. The van der Waals surface area contributed by atoms with Gasteiger partial charge in [-0.05, 0) is 6.92 Å². The van der Waals surface area contributed by atoms with E-state index in [1.165, 1.54) is 0 Å². The molecule has 0 amide bonds. The van der Waals surface area contributed by atoms with E-state index in [9.17, 15) is 13.2 Å². The van der Waals surface area contributed by atoms with Crippen LogP contribution in [0.5, 0.6) is 0 Å². The smallest absolute Gasteiger partial charge is 0.256 e. The molecule has 0 unspecified atom stereocenters. The summed E-state index contributed by atoms with van der Waals surface area (Å²) >= 11 is 0. The van der Waals surface area contributed by atoms with Crippen LogP contribution in [0, 0.1) is 6.92 Å². The highest BCUT2D eigenvalue weighted by Crippen LogP contribution is 2.27. The van der Waals surface area contributed by atoms with E-state index in [0.29, 0.717) is 50.5 Å². The lowest BCUT2D eigenvalue weighted by molar-refractivity contribution is 0.122. The van der Waals surface area contributed by atoms with Crippen LogP contribution in [0.1, 0.15) is 22.5 Å². The van der Waals surface area contributed by atoms with Crippen molar-refractivity contribution in [2.24, 2.45) is 7.05 Å². The SMILES string of the molecule is Cc1nn(C)c(N2CCOCC2)c1CN1CCc2nc(S(C)(=O)=O)[nH]c(=O)c2C1. The van der Waals surface area contributed by atoms with Crippen LogP contribution in [0.4, 0.5) is 5.82 Å². The number of morpholine rings is 1. The number of rotatable bonds is 4. The molecule has 2 aliphatic heterocycles. The van der Waals surface area contributed by atoms with Crippen molar-refractivity contribution in [3.8, 4) is 0 Å². The summed E-state index contributed by atoms with van der Waals surface area (Å²) in [4.78, 5) is 23.6. The molecule has 0 aliphatic carbocycles. The molecule has 2 aromatic heterocycles. The molecule has 0 atom stereocenters. The number of aromatic amines is 1. The third-order valence-electron chi connectivity index (χ3n) is 5.48. The molecule has 0 saturated carbocycles. The van der Waals surface area contributed by atoms with Gasteiger partial charge in [0.05, 0.1) is 30.2 Å². The van der Waals surface area contributed by atoms with Crippen molar-refractivity contribution in [2.45, 2.75) is 31.6 Å². The number of anilines is 1. The number of aryl methyl sites for hydroxylation is 2. The molecule has 29 heavy (non-hydrogen) atoms. The number of nitrogens with zero attached hydrogens (tertiary/aromatic N) is 5. The molecular weight excluding hydrogens is 396 g/mol. The summed E-state index contributed by atoms with van der Waals surface area (Å²) < 4.78 is 30.9. The average Bonchev–Trinajstić information content (AvgIpc) is 2.95. The van der Waals surface area contributed by atoms with Gasteiger partial charge in [0.25, 0.3) is 5.56 Å². The van der Waals surface area contributed by atoms with Crippen LogP contribution >= 0.6 is 0 Å². The summed E-state index contributed by atoms with van der Waals surface area (Å²) in [7, 11) is -1.60. The fraction of sp³-hybridized carbons (Fsp3) is 0.611. The van der Waals surface area contributed by atoms with E-state index in [0.717, 1.165) is 36.4 Å². The minimum atomic E-state index is -3.55. The summed E-state index contributed by atoms with van der Waals surface area (Å²) in [6, 6.07) is 0. The zero-order valence-corrected chi connectivity index (χ0v) is 17.8. The second-order valence-corrected chi connectivity index (χ2v) is 9.57. The topological polar surface area (TPSA) is 113 Å². The van der Waals surface area contributed by atoms with Gasteiger partial charge in [-0.15, -0.1) is 0 Å². The maximum atomic E-state index is 12.5. The third-order valence-corrected chi connectivity index (χ3v) is 6.38. The Bertz CT molecular complexity index is 1080. The molecule has 11 heteroatoms. The van der Waals surface area contributed by atoms with Gasteiger partial charge >= 0.3 is 0 Å². The number of ether oxygens (including phenoxy) is 1. The average molecular weight is 423 g/mol. The number of H-pyrrole nitrogens is 1. The van der Waals surface area contributed by atoms with Gasteiger partial charge in [0.2, 0.25) is 15.0 Å². The highest BCUT2D eigenvalue weighted by molar-refractivity contribution is 7.90. The van der Waals surface area contributed by atoms with Crippen molar-refractivity contribution in [1.82, 2.24) is 24.6 Å². The van der Waals surface area contributed by atoms with Crippen LogP contribution in [0.2, 0.25) is 0 Å². The van der Waals surface area contributed by atoms with Gasteiger partial charge in [-0.3, -0.25) is 19.4 Å². The first-order chi connectivity index (χ1) is 13.7. The molecule has 2 aromatic rings. The third kappa shape index (κ3) is 3.94. The largest absolute Gasteiger partial charge is 0.378 e. The van der Waals surface area contributed by atoms with Crippen molar-refractivity contribution in [3.05, 3.63) is 32.9 Å². The van der Waals surface area contributed by atoms with Crippen molar-refractivity contribution < 1.29 is 13.2 Å². The molecular formula is C18H26N6O4S. The van der Waals surface area contributed by atoms with Crippen molar-refractivity contribution >= 4 is 15.7 Å². The molecule has 158 valence electrons. The van der Waals surface area contributed by atoms with Gasteiger partial charge in [0, 0.05) is 58.0 Å². The molecule has 2 aliphatic rings. The molecule has 0 spiro atoms. The van der Waals surface area contributed by atoms with Crippen LogP contribution in [-0.4, -0.2) is 72.2 Å². The predicted molar refractivity (Wildman–Crippen MR) is 107 cm³/mol. The van der Waals surface area contributed by atoms with Gasteiger partial charge < -0.3 is 9.64 Å². The maximum absolute atomic E-state index is 12.5. The van der Waals surface area contributed by atoms with Gasteiger partial charge in [-0.25, -0.2) is 13.4 Å². The molecule has 1 saturated heterocycles. The summed E-state index contributed by atoms with van der Waals surface area (Å²) in [6.45, 7) is 6.85. The van der Waals surface area contributed by atoms with Crippen molar-refractivity contribution in [1.29, 1.82) is 0 Å². The number of aromatic nitrogens is 4. The Morgan fingerprint density at radius 1 is 1.21 bits per heavy atom. The molecule has 10 nitrogen and oxygen atoms in total. The number of hydrogen-bond acceptors (Lipinski definition) is 8. The molecule has 4 heterocycles. The number of nitrogens with one attached hydrogen (secondary N) is 1. The van der Waals surface area contributed by atoms with E-state index in [-0.39, 0.29) is 10.7 Å². The number of fused-ring (bicyclic) bond motifs is 1. The minimum Gasteiger partial charge on any atom is -0.378 e. The van der Waals surface area contributed by atoms with Gasteiger partial charge in [0.15, 0.2) is 0 Å². The second-order valence-electron chi connectivity index (χ2n) is 7.64. The quantitative estimate of drug-likeness (QED) is 0.663. The minimum absolute atomic E-state index is 0.257. The Kier molecular flexibility index (Phi) is 5.21. The molecule has 0 bridgehead atoms. The summed E-state index contributed by atoms with van der Waals surface area (Å²) in [5.41, 5.74) is 2.85. The summed E-state index contributed by atoms with van der Waals surface area (Å²) in [5.74, 6) is 1.09. The number of hydrogen-bond donors (Lipinski definition) is 1. The molecule has 1 fully saturated rings. The highest BCUT2D eigenvalue weighted by Gasteiger charge is 2.27. The van der Waals surface area contributed by atoms with Crippen molar-refractivity contribution in [2.75, 3.05) is 44.0 Å². The Labute approximate surface area is 169 Å². The normalized spacial score (nSPS) is 18.1. The first kappa shape index (κ1) is 20.0. The van der Waals surface area contributed by atoms with Crippen LogP contribution in [0.25, 0.3) is 0 Å². The Balaban J connectivity index is 1.60. The van der Waals surface area contributed by atoms with E-state index >= 15 is 0 Å². The lowest BCUT2D eigenvalue weighted by Crippen LogP contribution is -2.39. The standard InChI is InChI=1S/C18H26N6O4S/c1-12-13(17(22(2)21-12)24-6-8-28-9-7-24)10-23-5-4-15-14(11-23)16(25)20-18(19-15)29(3,26)27/h4-11H2,1-3H3,(H,19,20,25). The highest BCUT2D eigenvalue weighted by atomic mass is 32.2. The molecule has 4 rings (SSSR count). The lowest BCUT2D eigenvalue weighted by Gasteiger charge is -2.32. The van der Waals surface area contributed by atoms with E-state index in [2.05, 4.69) is 24.9 Å². The zero-order valence-electron chi connectivity index (χ0n) is 16.9. The van der Waals surface area contributed by atoms with E-state index in [1.807, 2.05) is 18.7 Å². The van der Waals surface area contributed by atoms with E-state index < -0.39 is 9.84 Å². The number of sulfone groups is 1. The van der Waals surface area contributed by atoms with Crippen LogP contribution in [-0.2, 0) is 41.1 Å². The molecule has 0 aromatic carbocycles. The van der Waals surface area contributed by atoms with Gasteiger partial charge in [-0.2, -0.15) is 5.10 Å². The zero-order chi connectivity index (χ0) is 20.8. The molecule has 1 N–H and O–H groups in total. The van der Waals surface area contributed by atoms with Gasteiger partial charge in [-0.1, -0.05) is 0 Å². The summed E-state index contributed by atoms with van der Waals surface area (Å²) in [5, 5.41) is 4.36. The van der Waals surface area contributed by atoms with Crippen LogP contribution < -0.4 is 10.5 Å². The predicted octanol–water partition coefficient (Wildman–Crippen LogP) is -0.390. The van der Waals surface area contributed by atoms with E-state index in [4.69, 9.17) is 4.74 Å². The van der Waals surface area contributed by atoms with Gasteiger partial charge in [0.1, 0.15) is 5.82 Å². The second kappa shape index (κ2) is 7.54. The summed E-state index contributed by atoms with van der Waals surface area (Å²) in [6.07, 6.45) is 1.58. The Morgan fingerprint density at radius 3 is 2.62 bits per heavy atom. The van der Waals surface area contributed by atoms with E-state index in [1.54, 1.807) is 0 Å². The fourth-order valence-electron chi connectivity index (χ4n) is 4.04. The first-order valence-electron chi connectivity index (χ1n) is 9.63. The Morgan fingerprint density at radius 2 is 1.93 bits per heavy atom. The monoisotopic (exact) mass is 422 g/mol. The van der Waals surface area contributed by atoms with Crippen LogP contribution in [0.3, 0.4) is 0 Å². The van der Waals surface area contributed by atoms with Crippen LogP contribution in [0.15, 0.2) is 9.95 Å². The maximum Gasteiger partial charge on any atom is 0.256 e. The fourth-order valence-corrected chi connectivity index (χ4v) is 4.59. The van der Waals surface area contributed by atoms with Crippen molar-refractivity contribution in [3.63, 3.8) is 0 Å².